The summed E-state index contributed by atoms with van der Waals surface area (Å²) in [6, 6.07) is 12.7. The van der Waals surface area contributed by atoms with Crippen molar-refractivity contribution in [2.45, 2.75) is 33.1 Å². The van der Waals surface area contributed by atoms with Crippen LogP contribution in [0.5, 0.6) is 11.5 Å². The molecule has 1 saturated heterocycles. The number of ketones is 1. The van der Waals surface area contributed by atoms with Crippen LogP contribution in [-0.2, 0) is 0 Å². The van der Waals surface area contributed by atoms with Gasteiger partial charge in [-0.1, -0.05) is 55.8 Å². The van der Waals surface area contributed by atoms with Crippen LogP contribution in [-0.4, -0.2) is 43.4 Å². The van der Waals surface area contributed by atoms with Crippen LogP contribution in [0.15, 0.2) is 42.5 Å². The van der Waals surface area contributed by atoms with E-state index in [4.69, 9.17) is 21.1 Å². The summed E-state index contributed by atoms with van der Waals surface area (Å²) in [5, 5.41) is 0.362. The fourth-order valence-electron chi connectivity index (χ4n) is 3.75. The van der Waals surface area contributed by atoms with Gasteiger partial charge in [-0.15, -0.1) is 0 Å². The Morgan fingerprint density at radius 2 is 1.77 bits per heavy atom. The van der Waals surface area contributed by atoms with Gasteiger partial charge in [0.25, 0.3) is 5.91 Å². The van der Waals surface area contributed by atoms with Gasteiger partial charge in [0.05, 0.1) is 18.7 Å². The zero-order chi connectivity index (χ0) is 22.4. The van der Waals surface area contributed by atoms with E-state index in [-0.39, 0.29) is 17.6 Å². The SMILES string of the molecule is COc1cc(C(=O)N2CCC(C(=O)c3ccccc3)CC2)cc(Cl)c1OCCC(C)C. The van der Waals surface area contributed by atoms with Crippen LogP contribution in [0.2, 0.25) is 5.02 Å². The highest BCUT2D eigenvalue weighted by Gasteiger charge is 2.29. The highest BCUT2D eigenvalue weighted by molar-refractivity contribution is 6.32. The fourth-order valence-corrected chi connectivity index (χ4v) is 4.01. The molecule has 3 rings (SSSR count). The van der Waals surface area contributed by atoms with Crippen LogP contribution in [0.1, 0.15) is 53.8 Å². The van der Waals surface area contributed by atoms with Crippen LogP contribution in [0.4, 0.5) is 0 Å². The van der Waals surface area contributed by atoms with Gasteiger partial charge in [-0.3, -0.25) is 9.59 Å². The third kappa shape index (κ3) is 5.79. The first-order valence-corrected chi connectivity index (χ1v) is 11.2. The van der Waals surface area contributed by atoms with E-state index in [0.717, 1.165) is 12.0 Å². The van der Waals surface area contributed by atoms with Gasteiger partial charge in [-0.2, -0.15) is 0 Å². The van der Waals surface area contributed by atoms with E-state index < -0.39 is 0 Å². The van der Waals surface area contributed by atoms with Gasteiger partial charge in [-0.25, -0.2) is 0 Å². The number of ether oxygens (including phenoxy) is 2. The summed E-state index contributed by atoms with van der Waals surface area (Å²) in [7, 11) is 1.54. The van der Waals surface area contributed by atoms with E-state index in [2.05, 4.69) is 13.8 Å². The van der Waals surface area contributed by atoms with Crippen molar-refractivity contribution in [3.05, 3.63) is 58.6 Å². The first-order valence-electron chi connectivity index (χ1n) is 10.8. The van der Waals surface area contributed by atoms with Crippen molar-refractivity contribution in [1.29, 1.82) is 0 Å². The zero-order valence-electron chi connectivity index (χ0n) is 18.4. The van der Waals surface area contributed by atoms with Crippen molar-refractivity contribution < 1.29 is 19.1 Å². The first-order chi connectivity index (χ1) is 14.9. The third-order valence-electron chi connectivity index (χ3n) is 5.63. The Morgan fingerprint density at radius 3 is 2.39 bits per heavy atom. The number of carbonyl (C=O) groups is 2. The number of hydrogen-bond donors (Lipinski definition) is 0. The number of rotatable bonds is 8. The molecule has 1 heterocycles. The molecule has 1 aliphatic heterocycles. The summed E-state index contributed by atoms with van der Waals surface area (Å²) in [5.74, 6) is 1.42. The number of hydrogen-bond acceptors (Lipinski definition) is 4. The van der Waals surface area contributed by atoms with Gasteiger partial charge < -0.3 is 14.4 Å². The molecule has 1 aliphatic rings. The highest BCUT2D eigenvalue weighted by Crippen LogP contribution is 2.37. The van der Waals surface area contributed by atoms with Crippen molar-refractivity contribution in [3.8, 4) is 11.5 Å². The number of piperidine rings is 1. The van der Waals surface area contributed by atoms with Crippen molar-refractivity contribution in [3.63, 3.8) is 0 Å². The molecule has 0 spiro atoms. The van der Waals surface area contributed by atoms with Crippen molar-refractivity contribution in [1.82, 2.24) is 4.90 Å². The Hall–Kier alpha value is -2.53. The second kappa shape index (κ2) is 10.7. The molecule has 31 heavy (non-hydrogen) atoms. The molecule has 5 nitrogen and oxygen atoms in total. The van der Waals surface area contributed by atoms with Crippen LogP contribution < -0.4 is 9.47 Å². The predicted molar refractivity (Wildman–Crippen MR) is 122 cm³/mol. The fraction of sp³-hybridized carbons (Fsp3) is 0.440. The second-order valence-electron chi connectivity index (χ2n) is 8.32. The summed E-state index contributed by atoms with van der Waals surface area (Å²) in [6.45, 7) is 5.86. The Bertz CT molecular complexity index is 905. The summed E-state index contributed by atoms with van der Waals surface area (Å²) >= 11 is 6.42. The lowest BCUT2D eigenvalue weighted by atomic mass is 9.88. The van der Waals surface area contributed by atoms with Gasteiger partial charge in [0.2, 0.25) is 0 Å². The normalized spacial score (nSPS) is 14.5. The van der Waals surface area contributed by atoms with E-state index in [1.54, 1.807) is 17.0 Å². The van der Waals surface area contributed by atoms with Gasteiger partial charge in [0, 0.05) is 30.1 Å². The molecule has 0 unspecified atom stereocenters. The van der Waals surface area contributed by atoms with Gasteiger partial charge in [0.1, 0.15) is 0 Å². The minimum absolute atomic E-state index is 0.0543. The van der Waals surface area contributed by atoms with E-state index in [1.807, 2.05) is 30.3 Å². The van der Waals surface area contributed by atoms with Crippen LogP contribution in [0.25, 0.3) is 0 Å². The average molecular weight is 444 g/mol. The van der Waals surface area contributed by atoms with Crippen LogP contribution in [0.3, 0.4) is 0 Å². The number of halogens is 1. The quantitative estimate of drug-likeness (QED) is 0.505. The molecule has 166 valence electrons. The minimum Gasteiger partial charge on any atom is -0.493 e. The van der Waals surface area contributed by atoms with E-state index in [0.29, 0.717) is 60.5 Å². The number of amides is 1. The summed E-state index contributed by atoms with van der Waals surface area (Å²) < 4.78 is 11.2. The molecule has 2 aromatic rings. The molecule has 1 amide bonds. The number of Topliss-reactive ketones (excluding diaryl/α,β-unsaturated/α-hetero) is 1. The monoisotopic (exact) mass is 443 g/mol. The molecule has 0 saturated carbocycles. The first kappa shape index (κ1) is 23.1. The maximum atomic E-state index is 13.1. The Morgan fingerprint density at radius 1 is 1.10 bits per heavy atom. The van der Waals surface area contributed by atoms with Crippen molar-refractivity contribution >= 4 is 23.3 Å². The van der Waals surface area contributed by atoms with Crippen molar-refractivity contribution in [2.75, 3.05) is 26.8 Å². The summed E-state index contributed by atoms with van der Waals surface area (Å²) in [6.07, 6.45) is 2.21. The van der Waals surface area contributed by atoms with Crippen LogP contribution >= 0.6 is 11.6 Å². The standard InChI is InChI=1S/C25H30ClNO4/c1-17(2)11-14-31-24-21(26)15-20(16-22(24)30-3)25(29)27-12-9-19(10-13-27)23(28)18-7-5-4-6-8-18/h4-8,15-17,19H,9-14H2,1-3H3. The number of likely N-dealkylation sites (tertiary alicyclic amines) is 1. The summed E-state index contributed by atoms with van der Waals surface area (Å²) in [4.78, 5) is 27.5. The molecule has 0 radical (unpaired) electrons. The lowest BCUT2D eigenvalue weighted by molar-refractivity contribution is 0.0650. The van der Waals surface area contributed by atoms with Gasteiger partial charge in [-0.05, 0) is 37.3 Å². The average Bonchev–Trinajstić information content (AvgIpc) is 2.79. The Balaban J connectivity index is 1.65. The van der Waals surface area contributed by atoms with E-state index >= 15 is 0 Å². The Labute approximate surface area is 189 Å². The number of carbonyl (C=O) groups excluding carboxylic acids is 2. The third-order valence-corrected chi connectivity index (χ3v) is 5.91. The number of nitrogens with zero attached hydrogens (tertiary/aromatic N) is 1. The van der Waals surface area contributed by atoms with E-state index in [9.17, 15) is 9.59 Å². The van der Waals surface area contributed by atoms with E-state index in [1.165, 1.54) is 7.11 Å². The maximum absolute atomic E-state index is 13.1. The summed E-state index contributed by atoms with van der Waals surface area (Å²) in [5.41, 5.74) is 1.20. The molecular weight excluding hydrogens is 414 g/mol. The molecule has 2 aromatic carbocycles. The molecule has 0 bridgehead atoms. The molecular formula is C25H30ClNO4. The predicted octanol–water partition coefficient (Wildman–Crippen LogP) is 5.51. The number of methoxy groups -OCH3 is 1. The second-order valence-corrected chi connectivity index (χ2v) is 8.72. The highest BCUT2D eigenvalue weighted by atomic mass is 35.5. The lowest BCUT2D eigenvalue weighted by Gasteiger charge is -2.31. The lowest BCUT2D eigenvalue weighted by Crippen LogP contribution is -2.40. The smallest absolute Gasteiger partial charge is 0.254 e. The molecule has 0 aromatic heterocycles. The molecule has 0 N–H and O–H groups in total. The Kier molecular flexibility index (Phi) is 7.97. The maximum Gasteiger partial charge on any atom is 0.254 e. The molecule has 0 aliphatic carbocycles. The van der Waals surface area contributed by atoms with Crippen molar-refractivity contribution in [2.24, 2.45) is 11.8 Å². The molecule has 0 atom stereocenters. The minimum atomic E-state index is -0.112. The van der Waals surface area contributed by atoms with Crippen LogP contribution in [0, 0.1) is 11.8 Å². The molecule has 1 fully saturated rings. The topological polar surface area (TPSA) is 55.8 Å². The van der Waals surface area contributed by atoms with Gasteiger partial charge >= 0.3 is 0 Å². The number of benzene rings is 2. The zero-order valence-corrected chi connectivity index (χ0v) is 19.2. The molecule has 6 heteroatoms. The largest absolute Gasteiger partial charge is 0.493 e. The van der Waals surface area contributed by atoms with Gasteiger partial charge in [0.15, 0.2) is 17.3 Å².